The second kappa shape index (κ2) is 2.51. The minimum Gasteiger partial charge on any atom is -0.299 e. The van der Waals surface area contributed by atoms with E-state index in [1.165, 1.54) is 6.42 Å². The lowest BCUT2D eigenvalue weighted by Gasteiger charge is -2.08. The van der Waals surface area contributed by atoms with Crippen LogP contribution >= 0.6 is 0 Å². The van der Waals surface area contributed by atoms with Gasteiger partial charge in [0.15, 0.2) is 0 Å². The number of Topliss-reactive ketones (excluding diaryl/α,β-unsaturated/α-hetero) is 1. The first kappa shape index (κ1) is 6.79. The Morgan fingerprint density at radius 1 is 1.67 bits per heavy atom. The molecular formula is C8H14O. The number of hydrogen-bond acceptors (Lipinski definition) is 1. The quantitative estimate of drug-likeness (QED) is 0.525. The highest BCUT2D eigenvalue weighted by atomic mass is 16.1. The van der Waals surface area contributed by atoms with Gasteiger partial charge in [-0.3, -0.25) is 4.79 Å². The third-order valence-corrected chi connectivity index (χ3v) is 2.50. The number of ketones is 1. The molecule has 0 bridgehead atoms. The molecule has 0 aromatic carbocycles. The molecule has 1 saturated carbocycles. The highest BCUT2D eigenvalue weighted by molar-refractivity contribution is 5.82. The van der Waals surface area contributed by atoms with E-state index in [0.717, 1.165) is 12.8 Å². The predicted molar refractivity (Wildman–Crippen MR) is 37.2 cm³/mol. The number of carbonyl (C=O) groups is 1. The van der Waals surface area contributed by atoms with Crippen molar-refractivity contribution >= 4 is 5.78 Å². The molecule has 0 saturated heterocycles. The molecule has 2 unspecified atom stereocenters. The molecule has 52 valence electrons. The van der Waals surface area contributed by atoms with Gasteiger partial charge >= 0.3 is 0 Å². The normalized spacial score (nSPS) is 35.6. The molecule has 0 aromatic heterocycles. The summed E-state index contributed by atoms with van der Waals surface area (Å²) in [6, 6.07) is 0. The van der Waals surface area contributed by atoms with E-state index in [2.05, 4.69) is 13.8 Å². The number of rotatable bonds is 1. The molecule has 0 aromatic rings. The standard InChI is InChI=1S/C8H14O/c1-3-7-4-5-8(9)6(7)2/h6-7H,3-5H2,1-2H3. The maximum atomic E-state index is 10.9. The summed E-state index contributed by atoms with van der Waals surface area (Å²) in [6.07, 6.45) is 3.14. The molecule has 1 aliphatic rings. The Morgan fingerprint density at radius 2 is 2.33 bits per heavy atom. The minimum atomic E-state index is 0.356. The fourth-order valence-electron chi connectivity index (χ4n) is 1.63. The minimum absolute atomic E-state index is 0.356. The van der Waals surface area contributed by atoms with Gasteiger partial charge in [0, 0.05) is 12.3 Å². The van der Waals surface area contributed by atoms with Gasteiger partial charge in [0.25, 0.3) is 0 Å². The molecule has 9 heavy (non-hydrogen) atoms. The van der Waals surface area contributed by atoms with Gasteiger partial charge < -0.3 is 0 Å². The highest BCUT2D eigenvalue weighted by Gasteiger charge is 2.28. The van der Waals surface area contributed by atoms with Crippen molar-refractivity contribution in [3.05, 3.63) is 0 Å². The average Bonchev–Trinajstić information content (AvgIpc) is 2.15. The van der Waals surface area contributed by atoms with Crippen LogP contribution < -0.4 is 0 Å². The van der Waals surface area contributed by atoms with Crippen LogP contribution in [0.15, 0.2) is 0 Å². The second-order valence-electron chi connectivity index (χ2n) is 2.96. The van der Waals surface area contributed by atoms with Crippen molar-refractivity contribution in [1.29, 1.82) is 0 Å². The third-order valence-electron chi connectivity index (χ3n) is 2.50. The zero-order chi connectivity index (χ0) is 6.85. The van der Waals surface area contributed by atoms with Crippen LogP contribution in [0.4, 0.5) is 0 Å². The van der Waals surface area contributed by atoms with E-state index >= 15 is 0 Å². The van der Waals surface area contributed by atoms with Gasteiger partial charge in [-0.05, 0) is 12.3 Å². The van der Waals surface area contributed by atoms with E-state index in [4.69, 9.17) is 0 Å². The van der Waals surface area contributed by atoms with Crippen molar-refractivity contribution in [1.82, 2.24) is 0 Å². The lowest BCUT2D eigenvalue weighted by molar-refractivity contribution is -0.120. The topological polar surface area (TPSA) is 17.1 Å². The molecule has 0 radical (unpaired) electrons. The first-order valence-electron chi connectivity index (χ1n) is 3.78. The first-order valence-corrected chi connectivity index (χ1v) is 3.78. The first-order chi connectivity index (χ1) is 4.25. The van der Waals surface area contributed by atoms with Crippen LogP contribution in [0.1, 0.15) is 33.1 Å². The molecule has 0 N–H and O–H groups in total. The maximum absolute atomic E-state index is 10.9. The van der Waals surface area contributed by atoms with Crippen molar-refractivity contribution in [3.8, 4) is 0 Å². The van der Waals surface area contributed by atoms with Gasteiger partial charge in [-0.15, -0.1) is 0 Å². The number of hydrogen-bond donors (Lipinski definition) is 0. The predicted octanol–water partition coefficient (Wildman–Crippen LogP) is 2.01. The van der Waals surface area contributed by atoms with E-state index in [1.807, 2.05) is 0 Å². The van der Waals surface area contributed by atoms with E-state index in [-0.39, 0.29) is 0 Å². The van der Waals surface area contributed by atoms with Crippen molar-refractivity contribution in [3.63, 3.8) is 0 Å². The van der Waals surface area contributed by atoms with Crippen LogP contribution in [0.5, 0.6) is 0 Å². The summed E-state index contributed by atoms with van der Waals surface area (Å²) in [7, 11) is 0. The molecule has 1 nitrogen and oxygen atoms in total. The summed E-state index contributed by atoms with van der Waals surface area (Å²) in [4.78, 5) is 10.9. The van der Waals surface area contributed by atoms with Crippen molar-refractivity contribution in [2.75, 3.05) is 0 Å². The Balaban J connectivity index is 2.51. The van der Waals surface area contributed by atoms with Crippen LogP contribution in [-0.4, -0.2) is 5.78 Å². The summed E-state index contributed by atoms with van der Waals surface area (Å²) < 4.78 is 0. The van der Waals surface area contributed by atoms with E-state index in [9.17, 15) is 4.79 Å². The number of carbonyl (C=O) groups excluding carboxylic acids is 1. The largest absolute Gasteiger partial charge is 0.299 e. The fraction of sp³-hybridized carbons (Fsp3) is 0.875. The molecule has 0 amide bonds. The average molecular weight is 126 g/mol. The van der Waals surface area contributed by atoms with Crippen LogP contribution in [0, 0.1) is 11.8 Å². The summed E-state index contributed by atoms with van der Waals surface area (Å²) in [6.45, 7) is 4.23. The van der Waals surface area contributed by atoms with Gasteiger partial charge in [-0.25, -0.2) is 0 Å². The van der Waals surface area contributed by atoms with E-state index in [1.54, 1.807) is 0 Å². The lowest BCUT2D eigenvalue weighted by atomic mass is 9.95. The fourth-order valence-corrected chi connectivity index (χ4v) is 1.63. The second-order valence-corrected chi connectivity index (χ2v) is 2.96. The summed E-state index contributed by atoms with van der Waals surface area (Å²) >= 11 is 0. The molecule has 2 atom stereocenters. The van der Waals surface area contributed by atoms with E-state index < -0.39 is 0 Å². The van der Waals surface area contributed by atoms with Crippen molar-refractivity contribution in [2.24, 2.45) is 11.8 Å². The van der Waals surface area contributed by atoms with Gasteiger partial charge in [-0.2, -0.15) is 0 Å². The van der Waals surface area contributed by atoms with E-state index in [0.29, 0.717) is 17.6 Å². The molecule has 0 heterocycles. The third kappa shape index (κ3) is 1.15. The Morgan fingerprint density at radius 3 is 2.56 bits per heavy atom. The van der Waals surface area contributed by atoms with Crippen LogP contribution in [0.3, 0.4) is 0 Å². The molecule has 1 fully saturated rings. The zero-order valence-electron chi connectivity index (χ0n) is 6.18. The Hall–Kier alpha value is -0.330. The summed E-state index contributed by atoms with van der Waals surface area (Å²) in [5.74, 6) is 1.52. The smallest absolute Gasteiger partial charge is 0.135 e. The van der Waals surface area contributed by atoms with Gasteiger partial charge in [0.1, 0.15) is 5.78 Å². The Kier molecular flexibility index (Phi) is 1.89. The van der Waals surface area contributed by atoms with Crippen LogP contribution in [0.2, 0.25) is 0 Å². The Bertz CT molecular complexity index is 118. The molecule has 0 spiro atoms. The lowest BCUT2D eigenvalue weighted by Crippen LogP contribution is -2.08. The van der Waals surface area contributed by atoms with Crippen LogP contribution in [-0.2, 0) is 4.79 Å². The zero-order valence-corrected chi connectivity index (χ0v) is 6.18. The highest BCUT2D eigenvalue weighted by Crippen LogP contribution is 2.30. The van der Waals surface area contributed by atoms with Gasteiger partial charge in [-0.1, -0.05) is 20.3 Å². The molecule has 1 rings (SSSR count). The monoisotopic (exact) mass is 126 g/mol. The van der Waals surface area contributed by atoms with Gasteiger partial charge in [0.2, 0.25) is 0 Å². The SMILES string of the molecule is CCC1CCC(=O)C1C. The Labute approximate surface area is 56.4 Å². The maximum Gasteiger partial charge on any atom is 0.135 e. The molecule has 1 aliphatic carbocycles. The van der Waals surface area contributed by atoms with Crippen molar-refractivity contribution < 1.29 is 4.79 Å². The molecular weight excluding hydrogens is 112 g/mol. The van der Waals surface area contributed by atoms with Crippen molar-refractivity contribution in [2.45, 2.75) is 33.1 Å². The summed E-state index contributed by atoms with van der Waals surface area (Å²) in [5.41, 5.74) is 0. The molecule has 0 aliphatic heterocycles. The van der Waals surface area contributed by atoms with Gasteiger partial charge in [0.05, 0.1) is 0 Å². The summed E-state index contributed by atoms with van der Waals surface area (Å²) in [5, 5.41) is 0. The molecule has 1 heteroatoms. The van der Waals surface area contributed by atoms with Crippen LogP contribution in [0.25, 0.3) is 0 Å².